The number of fused-ring (bicyclic) bond motifs is 3. The summed E-state index contributed by atoms with van der Waals surface area (Å²) in [5.74, 6) is 2.23. The molecule has 0 bridgehead atoms. The Kier molecular flexibility index (Phi) is 8.74. The molecule has 4 aromatic rings. The molecule has 0 unspecified atom stereocenters. The number of aliphatic imine (C=N–C) groups is 1. The van der Waals surface area contributed by atoms with Crippen molar-refractivity contribution in [2.45, 2.75) is 19.8 Å². The Morgan fingerprint density at radius 1 is 0.875 bits per heavy atom. The second-order valence-corrected chi connectivity index (χ2v) is 10.8. The molecule has 2 aromatic heterocycles. The van der Waals surface area contributed by atoms with Crippen molar-refractivity contribution in [3.63, 3.8) is 0 Å². The molecule has 6 rings (SSSR count). The van der Waals surface area contributed by atoms with Gasteiger partial charge in [0.2, 0.25) is 0 Å². The van der Waals surface area contributed by atoms with Crippen LogP contribution in [-0.2, 0) is 0 Å². The number of piperazine rings is 1. The minimum absolute atomic E-state index is 0.894. The van der Waals surface area contributed by atoms with Gasteiger partial charge in [0.15, 0.2) is 5.82 Å². The molecular weight excluding hydrogens is 492 g/mol. The van der Waals surface area contributed by atoms with Crippen LogP contribution in [0.25, 0.3) is 16.6 Å². The van der Waals surface area contributed by atoms with Crippen LogP contribution in [0.4, 0.5) is 5.82 Å². The second-order valence-electron chi connectivity index (χ2n) is 10.8. The number of rotatable bonds is 11. The zero-order chi connectivity index (χ0) is 27.1. The monoisotopic (exact) mass is 531 g/mol. The summed E-state index contributed by atoms with van der Waals surface area (Å²) in [5.41, 5.74) is 7.05. The van der Waals surface area contributed by atoms with E-state index in [9.17, 15) is 0 Å². The standard InChI is InChI=1S/C34H39N6/c1-27-26-40-31-16-8-7-15-30(31)37-34(33(40)32(27)29-13-5-6-14-29)36-18-10-20-39-23-21-38(22-24-39)19-9-17-35-25-28-11-3-2-4-12-28/h2-8,11-16,25-26H,9-10,17-24H2,1H3,(H,36,37). The van der Waals surface area contributed by atoms with Gasteiger partial charge in [-0.15, -0.1) is 0 Å². The number of nitrogens with zero attached hydrogens (tertiary/aromatic N) is 5. The lowest BCUT2D eigenvalue weighted by Crippen LogP contribution is -2.47. The molecule has 2 fully saturated rings. The minimum Gasteiger partial charge on any atom is -0.368 e. The quantitative estimate of drug-likeness (QED) is 0.206. The lowest BCUT2D eigenvalue weighted by atomic mass is 9.95. The topological polar surface area (TPSA) is 48.2 Å². The van der Waals surface area contributed by atoms with Crippen LogP contribution in [0.2, 0.25) is 0 Å². The minimum atomic E-state index is 0.894. The number of hydrogen-bond donors (Lipinski definition) is 1. The molecular formula is C34H39N6. The van der Waals surface area contributed by atoms with E-state index in [1.165, 1.54) is 28.1 Å². The largest absolute Gasteiger partial charge is 0.368 e. The van der Waals surface area contributed by atoms with Crippen molar-refractivity contribution in [3.05, 3.63) is 109 Å². The van der Waals surface area contributed by atoms with E-state index in [0.717, 1.165) is 82.1 Å². The summed E-state index contributed by atoms with van der Waals surface area (Å²) in [6.45, 7) is 10.8. The molecule has 1 aliphatic carbocycles. The Balaban J connectivity index is 0.992. The highest BCUT2D eigenvalue weighted by atomic mass is 15.3. The molecule has 1 aliphatic heterocycles. The number of para-hydroxylation sites is 2. The average molecular weight is 532 g/mol. The summed E-state index contributed by atoms with van der Waals surface area (Å²) in [5, 5.41) is 3.71. The van der Waals surface area contributed by atoms with E-state index in [0.29, 0.717) is 0 Å². The van der Waals surface area contributed by atoms with E-state index >= 15 is 0 Å². The molecule has 6 nitrogen and oxygen atoms in total. The van der Waals surface area contributed by atoms with E-state index in [4.69, 9.17) is 4.98 Å². The Hall–Kier alpha value is -3.22. The van der Waals surface area contributed by atoms with E-state index in [-0.39, 0.29) is 0 Å². The van der Waals surface area contributed by atoms with Crippen LogP contribution < -0.4 is 5.32 Å². The zero-order valence-corrected chi connectivity index (χ0v) is 23.5. The fourth-order valence-electron chi connectivity index (χ4n) is 5.86. The van der Waals surface area contributed by atoms with Crippen LogP contribution in [0.15, 0.2) is 65.8 Å². The molecule has 1 saturated carbocycles. The first-order chi connectivity index (χ1) is 19.8. The van der Waals surface area contributed by atoms with Gasteiger partial charge in [0.1, 0.15) is 0 Å². The van der Waals surface area contributed by atoms with Gasteiger partial charge in [-0.25, -0.2) is 4.98 Å². The lowest BCUT2D eigenvalue weighted by molar-refractivity contribution is 0.132. The Labute approximate surface area is 239 Å². The molecule has 3 heterocycles. The van der Waals surface area contributed by atoms with Crippen molar-refractivity contribution in [3.8, 4) is 0 Å². The van der Waals surface area contributed by atoms with Gasteiger partial charge in [-0.3, -0.25) is 4.99 Å². The molecule has 40 heavy (non-hydrogen) atoms. The molecule has 1 N–H and O–H groups in total. The normalized spacial score (nSPS) is 17.5. The average Bonchev–Trinajstić information content (AvgIpc) is 3.64. The molecule has 205 valence electrons. The highest BCUT2D eigenvalue weighted by molar-refractivity contribution is 5.89. The van der Waals surface area contributed by atoms with Crippen LogP contribution in [0.3, 0.4) is 0 Å². The first-order valence-electron chi connectivity index (χ1n) is 14.6. The van der Waals surface area contributed by atoms with Gasteiger partial charge in [0.25, 0.3) is 0 Å². The Morgan fingerprint density at radius 2 is 1.57 bits per heavy atom. The predicted molar refractivity (Wildman–Crippen MR) is 166 cm³/mol. The Morgan fingerprint density at radius 3 is 2.35 bits per heavy atom. The maximum absolute atomic E-state index is 5.08. The van der Waals surface area contributed by atoms with Crippen LogP contribution >= 0.6 is 0 Å². The predicted octanol–water partition coefficient (Wildman–Crippen LogP) is 5.48. The van der Waals surface area contributed by atoms with Gasteiger partial charge >= 0.3 is 0 Å². The van der Waals surface area contributed by atoms with E-state index in [1.807, 2.05) is 12.3 Å². The summed E-state index contributed by atoms with van der Waals surface area (Å²) in [4.78, 5) is 14.9. The molecule has 5 radical (unpaired) electrons. The van der Waals surface area contributed by atoms with Crippen LogP contribution in [0.1, 0.15) is 29.5 Å². The van der Waals surface area contributed by atoms with Gasteiger partial charge < -0.3 is 19.5 Å². The van der Waals surface area contributed by atoms with Crippen molar-refractivity contribution < 1.29 is 0 Å². The van der Waals surface area contributed by atoms with Crippen molar-refractivity contribution in [1.82, 2.24) is 19.2 Å². The molecule has 2 aliphatic rings. The molecule has 0 amide bonds. The molecule has 6 heteroatoms. The number of hydrogen-bond acceptors (Lipinski definition) is 5. The summed E-state index contributed by atoms with van der Waals surface area (Å²) in [6, 6.07) is 18.8. The van der Waals surface area contributed by atoms with E-state index in [1.54, 1.807) is 0 Å². The molecule has 0 spiro atoms. The smallest absolute Gasteiger partial charge is 0.151 e. The molecule has 1 saturated heterocycles. The number of anilines is 1. The van der Waals surface area contributed by atoms with Crippen molar-refractivity contribution >= 4 is 28.6 Å². The summed E-state index contributed by atoms with van der Waals surface area (Å²) in [7, 11) is 0. The molecule has 0 atom stereocenters. The summed E-state index contributed by atoms with van der Waals surface area (Å²) < 4.78 is 2.31. The van der Waals surface area contributed by atoms with Crippen molar-refractivity contribution in [2.75, 3.05) is 57.7 Å². The third-order valence-corrected chi connectivity index (χ3v) is 7.95. The highest BCUT2D eigenvalue weighted by Gasteiger charge is 2.26. The highest BCUT2D eigenvalue weighted by Crippen LogP contribution is 2.39. The van der Waals surface area contributed by atoms with Crippen LogP contribution in [0.5, 0.6) is 0 Å². The summed E-state index contributed by atoms with van der Waals surface area (Å²) in [6.07, 6.45) is 15.1. The SMILES string of the molecule is Cc1cn2c(c(NCCCN3CCN(CCCN=Cc4ccccc4)CC3)nc3ccccc32)c1[C]1[CH][CH][CH][CH]1. The number of nitrogens with one attached hydrogen (secondary N) is 1. The first-order valence-corrected chi connectivity index (χ1v) is 14.6. The van der Waals surface area contributed by atoms with Gasteiger partial charge in [-0.2, -0.15) is 0 Å². The maximum atomic E-state index is 5.08. The third kappa shape index (κ3) is 6.24. The van der Waals surface area contributed by atoms with Crippen LogP contribution in [0, 0.1) is 38.5 Å². The Bertz CT molecular complexity index is 1410. The second kappa shape index (κ2) is 13.0. The van der Waals surface area contributed by atoms with Gasteiger partial charge in [-0.1, -0.05) is 42.5 Å². The van der Waals surface area contributed by atoms with E-state index in [2.05, 4.69) is 112 Å². The number of aromatic nitrogens is 2. The zero-order valence-electron chi connectivity index (χ0n) is 23.5. The number of aryl methyl sites for hydroxylation is 1. The van der Waals surface area contributed by atoms with Gasteiger partial charge in [0.05, 0.1) is 16.6 Å². The lowest BCUT2D eigenvalue weighted by Gasteiger charge is -2.34. The van der Waals surface area contributed by atoms with Crippen LogP contribution in [-0.4, -0.2) is 77.8 Å². The van der Waals surface area contributed by atoms with Gasteiger partial charge in [-0.05, 0) is 87.4 Å². The summed E-state index contributed by atoms with van der Waals surface area (Å²) >= 11 is 0. The maximum Gasteiger partial charge on any atom is 0.151 e. The molecule has 2 aromatic carbocycles. The van der Waals surface area contributed by atoms with E-state index < -0.39 is 0 Å². The van der Waals surface area contributed by atoms with Gasteiger partial charge in [0, 0.05) is 57.6 Å². The van der Waals surface area contributed by atoms with Crippen molar-refractivity contribution in [1.29, 1.82) is 0 Å². The fourth-order valence-corrected chi connectivity index (χ4v) is 5.86. The number of benzene rings is 2. The van der Waals surface area contributed by atoms with Crippen molar-refractivity contribution in [2.24, 2.45) is 4.99 Å². The first kappa shape index (κ1) is 27.0. The fraction of sp³-hybridized carbons (Fsp3) is 0.324. The third-order valence-electron chi connectivity index (χ3n) is 7.95.